The molecule has 0 aliphatic carbocycles. The van der Waals surface area contributed by atoms with Crippen LogP contribution in [0.25, 0.3) is 0 Å². The van der Waals surface area contributed by atoms with Crippen LogP contribution in [-0.4, -0.2) is 64.0 Å². The van der Waals surface area contributed by atoms with E-state index in [1.165, 1.54) is 50.3 Å². The SMILES string of the molecule is COc1cc(C(=O)O[C@H]2CC(n3ccc(=O)[nH]c3=O)O[C@@H]2CO[Si](c2ccccc2)(c2ccccc2)C(C)(C)C)cc(OC)c1OC. The molecule has 5 rings (SSSR count). The maximum Gasteiger partial charge on any atom is 0.338 e. The molecule has 4 aromatic rings. The number of nitrogens with one attached hydrogen (secondary N) is 1. The molecule has 0 radical (unpaired) electrons. The minimum Gasteiger partial charge on any atom is -0.493 e. The van der Waals surface area contributed by atoms with Crippen LogP contribution in [0.4, 0.5) is 0 Å². The average molecular weight is 661 g/mol. The highest BCUT2D eigenvalue weighted by Crippen LogP contribution is 2.40. The van der Waals surface area contributed by atoms with Crippen molar-refractivity contribution < 1.29 is 32.9 Å². The molecule has 12 heteroatoms. The number of benzene rings is 3. The van der Waals surface area contributed by atoms with E-state index in [2.05, 4.69) is 50.0 Å². The highest BCUT2D eigenvalue weighted by atomic mass is 28.4. The van der Waals surface area contributed by atoms with Gasteiger partial charge in [-0.3, -0.25) is 14.3 Å². The van der Waals surface area contributed by atoms with Gasteiger partial charge >= 0.3 is 11.7 Å². The second kappa shape index (κ2) is 14.0. The molecule has 1 unspecified atom stereocenters. The fraction of sp³-hybridized carbons (Fsp3) is 0.343. The normalized spacial score (nSPS) is 18.0. The maximum absolute atomic E-state index is 13.7. The van der Waals surface area contributed by atoms with Crippen molar-refractivity contribution in [1.82, 2.24) is 9.55 Å². The molecule has 0 amide bonds. The van der Waals surface area contributed by atoms with E-state index in [0.29, 0.717) is 17.2 Å². The summed E-state index contributed by atoms with van der Waals surface area (Å²) in [5, 5.41) is 1.85. The van der Waals surface area contributed by atoms with E-state index in [1.54, 1.807) is 0 Å². The van der Waals surface area contributed by atoms with Crippen molar-refractivity contribution in [2.24, 2.45) is 0 Å². The molecule has 0 spiro atoms. The van der Waals surface area contributed by atoms with E-state index in [0.717, 1.165) is 10.4 Å². The molecular weight excluding hydrogens is 620 g/mol. The predicted octanol–water partition coefficient (Wildman–Crippen LogP) is 3.65. The Labute approximate surface area is 274 Å². The van der Waals surface area contributed by atoms with E-state index < -0.39 is 44.0 Å². The Morgan fingerprint density at radius 3 is 1.96 bits per heavy atom. The molecule has 1 saturated heterocycles. The number of esters is 1. The predicted molar refractivity (Wildman–Crippen MR) is 179 cm³/mol. The first-order chi connectivity index (χ1) is 22.5. The Balaban J connectivity index is 1.52. The topological polar surface area (TPSA) is 127 Å². The lowest BCUT2D eigenvalue weighted by Crippen LogP contribution is -2.67. The van der Waals surface area contributed by atoms with E-state index in [-0.39, 0.29) is 23.6 Å². The largest absolute Gasteiger partial charge is 0.493 e. The van der Waals surface area contributed by atoms with Crippen molar-refractivity contribution in [3.63, 3.8) is 0 Å². The Morgan fingerprint density at radius 1 is 0.894 bits per heavy atom. The molecule has 0 saturated carbocycles. The number of H-pyrrole nitrogens is 1. The smallest absolute Gasteiger partial charge is 0.338 e. The molecule has 1 N–H and O–H groups in total. The number of ether oxygens (including phenoxy) is 5. The third kappa shape index (κ3) is 6.75. The lowest BCUT2D eigenvalue weighted by Gasteiger charge is -2.43. The van der Waals surface area contributed by atoms with Crippen LogP contribution in [0.3, 0.4) is 0 Å². The minimum absolute atomic E-state index is 0.0646. The van der Waals surface area contributed by atoms with Crippen LogP contribution < -0.4 is 35.8 Å². The van der Waals surface area contributed by atoms with Crippen molar-refractivity contribution in [1.29, 1.82) is 0 Å². The molecule has 1 fully saturated rings. The van der Waals surface area contributed by atoms with Crippen LogP contribution in [-0.2, 0) is 13.9 Å². The first kappa shape index (κ1) is 33.7. The van der Waals surface area contributed by atoms with E-state index in [4.69, 9.17) is 28.1 Å². The standard InChI is InChI=1S/C35H40N2O9Si/c1-35(2,3)47(24-13-9-7-10-14-24,25-15-11-8-12-16-25)44-22-29-26(21-31(45-29)37-18-17-30(38)36-34(37)40)46-33(39)23-19-27(41-4)32(43-6)28(20-23)42-5/h7-20,26,29,31H,21-22H2,1-6H3,(H,36,38,40)/t26-,29+,31?/m0/s1. The van der Waals surface area contributed by atoms with E-state index in [9.17, 15) is 14.4 Å². The van der Waals surface area contributed by atoms with Crippen LogP contribution in [0.1, 0.15) is 43.8 Å². The molecule has 11 nitrogen and oxygen atoms in total. The van der Waals surface area contributed by atoms with Crippen LogP contribution in [0.15, 0.2) is 94.6 Å². The number of carbonyl (C=O) groups excluding carboxylic acids is 1. The summed E-state index contributed by atoms with van der Waals surface area (Å²) in [6, 6.07) is 24.6. The molecule has 1 aromatic heterocycles. The summed E-state index contributed by atoms with van der Waals surface area (Å²) < 4.78 is 37.2. The van der Waals surface area contributed by atoms with Gasteiger partial charge in [0.25, 0.3) is 13.9 Å². The summed E-state index contributed by atoms with van der Waals surface area (Å²) in [7, 11) is 1.41. The lowest BCUT2D eigenvalue weighted by atomic mass is 10.1. The van der Waals surface area contributed by atoms with Gasteiger partial charge in [-0.2, -0.15) is 0 Å². The van der Waals surface area contributed by atoms with Gasteiger partial charge in [-0.25, -0.2) is 9.59 Å². The second-order valence-corrected chi connectivity index (χ2v) is 16.5. The fourth-order valence-electron chi connectivity index (χ4n) is 6.17. The third-order valence-corrected chi connectivity index (χ3v) is 13.4. The van der Waals surface area contributed by atoms with Crippen LogP contribution in [0, 0.1) is 0 Å². The van der Waals surface area contributed by atoms with E-state index >= 15 is 0 Å². The number of nitrogens with zero attached hydrogens (tertiary/aromatic N) is 1. The summed E-state index contributed by atoms with van der Waals surface area (Å²) in [5.41, 5.74) is -0.984. The molecule has 3 aromatic carbocycles. The first-order valence-corrected chi connectivity index (χ1v) is 17.2. The van der Waals surface area contributed by atoms with Crippen molar-refractivity contribution in [2.45, 2.75) is 50.7 Å². The molecule has 2 heterocycles. The fourth-order valence-corrected chi connectivity index (χ4v) is 10.7. The molecule has 0 bridgehead atoms. The van der Waals surface area contributed by atoms with Gasteiger partial charge < -0.3 is 28.1 Å². The zero-order valence-corrected chi connectivity index (χ0v) is 28.4. The van der Waals surface area contributed by atoms with Crippen molar-refractivity contribution in [3.05, 3.63) is 111 Å². The number of hydrogen-bond donors (Lipinski definition) is 1. The zero-order chi connectivity index (χ0) is 33.8. The van der Waals surface area contributed by atoms with Gasteiger partial charge in [0.05, 0.1) is 33.5 Å². The number of hydrogen-bond acceptors (Lipinski definition) is 9. The van der Waals surface area contributed by atoms with Crippen molar-refractivity contribution >= 4 is 24.7 Å². The number of aromatic nitrogens is 2. The monoisotopic (exact) mass is 660 g/mol. The van der Waals surface area contributed by atoms with Gasteiger partial charge in [-0.1, -0.05) is 81.4 Å². The molecule has 1 aliphatic heterocycles. The summed E-state index contributed by atoms with van der Waals surface area (Å²) in [6.45, 7) is 6.56. The van der Waals surface area contributed by atoms with Gasteiger partial charge in [-0.05, 0) is 27.5 Å². The van der Waals surface area contributed by atoms with Gasteiger partial charge in [-0.15, -0.1) is 0 Å². The van der Waals surface area contributed by atoms with Gasteiger partial charge in [0, 0.05) is 18.7 Å². The number of rotatable bonds is 11. The summed E-state index contributed by atoms with van der Waals surface area (Å²) in [4.78, 5) is 40.5. The molecule has 1 aliphatic rings. The Bertz CT molecular complexity index is 1740. The molecule has 3 atom stereocenters. The van der Waals surface area contributed by atoms with Crippen molar-refractivity contribution in [2.75, 3.05) is 27.9 Å². The number of methoxy groups -OCH3 is 3. The maximum atomic E-state index is 13.7. The lowest BCUT2D eigenvalue weighted by molar-refractivity contribution is -0.0492. The second-order valence-electron chi connectivity index (χ2n) is 12.2. The third-order valence-electron chi connectivity index (χ3n) is 8.38. The quantitative estimate of drug-likeness (QED) is 0.190. The number of aromatic amines is 1. The van der Waals surface area contributed by atoms with Crippen LogP contribution in [0.2, 0.25) is 5.04 Å². The summed E-state index contributed by atoms with van der Waals surface area (Å²) >= 11 is 0. The zero-order valence-electron chi connectivity index (χ0n) is 27.4. The summed E-state index contributed by atoms with van der Waals surface area (Å²) in [5.74, 6) is 0.281. The Hall–Kier alpha value is -4.65. The molecular formula is C35H40N2O9Si. The first-order valence-electron chi connectivity index (χ1n) is 15.2. The molecule has 47 heavy (non-hydrogen) atoms. The summed E-state index contributed by atoms with van der Waals surface area (Å²) in [6.07, 6.45) is -0.897. The van der Waals surface area contributed by atoms with Crippen molar-refractivity contribution in [3.8, 4) is 17.2 Å². The van der Waals surface area contributed by atoms with Crippen LogP contribution in [0.5, 0.6) is 17.2 Å². The Kier molecular flexibility index (Phi) is 10.0. The van der Waals surface area contributed by atoms with Gasteiger partial charge in [0.1, 0.15) is 18.4 Å². The highest BCUT2D eigenvalue weighted by Gasteiger charge is 2.51. The van der Waals surface area contributed by atoms with E-state index in [1.807, 2.05) is 36.4 Å². The molecule has 248 valence electrons. The van der Waals surface area contributed by atoms with Gasteiger partial charge in [0.2, 0.25) is 5.75 Å². The Morgan fingerprint density at radius 2 is 1.47 bits per heavy atom. The highest BCUT2D eigenvalue weighted by molar-refractivity contribution is 6.99. The van der Waals surface area contributed by atoms with Crippen LogP contribution >= 0.6 is 0 Å². The number of carbonyl (C=O) groups is 1. The van der Waals surface area contributed by atoms with Gasteiger partial charge in [0.15, 0.2) is 11.5 Å². The average Bonchev–Trinajstić information content (AvgIpc) is 3.46. The minimum atomic E-state index is -2.99.